The van der Waals surface area contributed by atoms with E-state index >= 15 is 0 Å². The maximum absolute atomic E-state index is 12.6. The number of carbonyl (C=O) groups is 1. The molecule has 0 aliphatic heterocycles. The van der Waals surface area contributed by atoms with E-state index in [0.717, 1.165) is 11.1 Å². The molecule has 128 valence electrons. The van der Waals surface area contributed by atoms with E-state index in [1.54, 1.807) is 31.2 Å². The summed E-state index contributed by atoms with van der Waals surface area (Å²) in [6, 6.07) is 12.4. The van der Waals surface area contributed by atoms with Gasteiger partial charge in [-0.3, -0.25) is 0 Å². The number of ether oxygens (including phenoxy) is 1. The number of hydrogen-bond acceptors (Lipinski definition) is 4. The molecule has 1 N–H and O–H groups in total. The Labute approximate surface area is 142 Å². The van der Waals surface area contributed by atoms with Gasteiger partial charge < -0.3 is 4.74 Å². The number of benzene rings is 2. The van der Waals surface area contributed by atoms with Gasteiger partial charge in [-0.15, -0.1) is 0 Å². The highest BCUT2D eigenvalue weighted by atomic mass is 32.2. The van der Waals surface area contributed by atoms with Crippen LogP contribution in [-0.2, 0) is 19.6 Å². The first-order chi connectivity index (χ1) is 11.3. The second kappa shape index (κ2) is 7.59. The van der Waals surface area contributed by atoms with Crippen LogP contribution in [0.3, 0.4) is 0 Å². The van der Waals surface area contributed by atoms with Crippen LogP contribution in [0, 0.1) is 13.8 Å². The molecule has 5 nitrogen and oxygen atoms in total. The minimum atomic E-state index is -3.85. The van der Waals surface area contributed by atoms with Crippen LogP contribution in [0.5, 0.6) is 0 Å². The molecule has 2 rings (SSSR count). The first-order valence-corrected chi connectivity index (χ1v) is 9.14. The van der Waals surface area contributed by atoms with Gasteiger partial charge in [-0.25, -0.2) is 13.2 Å². The number of esters is 1. The predicted molar refractivity (Wildman–Crippen MR) is 92.1 cm³/mol. The van der Waals surface area contributed by atoms with Gasteiger partial charge in [0.1, 0.15) is 6.04 Å². The molecule has 1 atom stereocenters. The van der Waals surface area contributed by atoms with Gasteiger partial charge in [0.2, 0.25) is 10.0 Å². The molecule has 0 spiro atoms. The summed E-state index contributed by atoms with van der Waals surface area (Å²) in [6.07, 6.45) is 0. The SMILES string of the molecule is CCOC(=O)[C@@H](NS(=O)(=O)c1ccc(C)cc1)c1ccc(C)cc1. The maximum Gasteiger partial charge on any atom is 0.328 e. The summed E-state index contributed by atoms with van der Waals surface area (Å²) in [5, 5.41) is 0. The molecule has 0 aromatic heterocycles. The minimum Gasteiger partial charge on any atom is -0.465 e. The van der Waals surface area contributed by atoms with E-state index in [1.165, 1.54) is 12.1 Å². The van der Waals surface area contributed by atoms with Gasteiger partial charge in [-0.2, -0.15) is 4.72 Å². The fourth-order valence-corrected chi connectivity index (χ4v) is 3.35. The fraction of sp³-hybridized carbons (Fsp3) is 0.278. The molecular formula is C18H21NO4S. The number of carbonyl (C=O) groups excluding carboxylic acids is 1. The van der Waals surface area contributed by atoms with Crippen LogP contribution in [0.1, 0.15) is 29.7 Å². The van der Waals surface area contributed by atoms with Crippen molar-refractivity contribution in [3.63, 3.8) is 0 Å². The molecule has 0 saturated carbocycles. The first-order valence-electron chi connectivity index (χ1n) is 7.65. The van der Waals surface area contributed by atoms with E-state index in [-0.39, 0.29) is 11.5 Å². The third kappa shape index (κ3) is 4.43. The highest BCUT2D eigenvalue weighted by molar-refractivity contribution is 7.89. The number of hydrogen-bond donors (Lipinski definition) is 1. The van der Waals surface area contributed by atoms with Crippen LogP contribution in [0.25, 0.3) is 0 Å². The van der Waals surface area contributed by atoms with Gasteiger partial charge in [0.05, 0.1) is 11.5 Å². The highest BCUT2D eigenvalue weighted by Crippen LogP contribution is 2.20. The zero-order valence-electron chi connectivity index (χ0n) is 13.9. The summed E-state index contributed by atoms with van der Waals surface area (Å²) in [5.74, 6) is -0.628. The van der Waals surface area contributed by atoms with Crippen LogP contribution in [0.2, 0.25) is 0 Å². The molecule has 0 unspecified atom stereocenters. The van der Waals surface area contributed by atoms with Crippen molar-refractivity contribution in [1.82, 2.24) is 4.72 Å². The second-order valence-corrected chi connectivity index (χ2v) is 7.24. The van der Waals surface area contributed by atoms with Crippen molar-refractivity contribution in [2.24, 2.45) is 0 Å². The third-order valence-electron chi connectivity index (χ3n) is 3.54. The van der Waals surface area contributed by atoms with Gasteiger partial charge in [-0.1, -0.05) is 47.5 Å². The molecule has 6 heteroatoms. The third-order valence-corrected chi connectivity index (χ3v) is 4.98. The molecular weight excluding hydrogens is 326 g/mol. The van der Waals surface area contributed by atoms with Gasteiger partial charge in [0.25, 0.3) is 0 Å². The van der Waals surface area contributed by atoms with Crippen LogP contribution in [0.4, 0.5) is 0 Å². The minimum absolute atomic E-state index is 0.106. The Bertz CT molecular complexity index is 796. The van der Waals surface area contributed by atoms with Crippen molar-refractivity contribution >= 4 is 16.0 Å². The summed E-state index contributed by atoms with van der Waals surface area (Å²) < 4.78 is 32.6. The standard InChI is InChI=1S/C18H21NO4S/c1-4-23-18(20)17(15-9-5-13(2)6-10-15)19-24(21,22)16-11-7-14(3)8-12-16/h5-12,17,19H,4H2,1-3H3/t17-/m0/s1. The Hall–Kier alpha value is -2.18. The van der Waals surface area contributed by atoms with Gasteiger partial charge in [0, 0.05) is 0 Å². The topological polar surface area (TPSA) is 72.5 Å². The molecule has 0 aliphatic carbocycles. The Morgan fingerprint density at radius 2 is 1.50 bits per heavy atom. The monoisotopic (exact) mass is 347 g/mol. The smallest absolute Gasteiger partial charge is 0.328 e. The fourth-order valence-electron chi connectivity index (χ4n) is 2.18. The van der Waals surface area contributed by atoms with Crippen LogP contribution >= 0.6 is 0 Å². The summed E-state index contributed by atoms with van der Waals surface area (Å²) >= 11 is 0. The van der Waals surface area contributed by atoms with E-state index < -0.39 is 22.0 Å². The lowest BCUT2D eigenvalue weighted by Gasteiger charge is -2.18. The van der Waals surface area contributed by atoms with Crippen LogP contribution in [-0.4, -0.2) is 21.0 Å². The lowest BCUT2D eigenvalue weighted by molar-refractivity contribution is -0.145. The van der Waals surface area contributed by atoms with Gasteiger partial charge in [-0.05, 0) is 38.5 Å². The highest BCUT2D eigenvalue weighted by Gasteiger charge is 2.28. The lowest BCUT2D eigenvalue weighted by atomic mass is 10.1. The van der Waals surface area contributed by atoms with E-state index in [1.807, 2.05) is 26.0 Å². The number of aryl methyl sites for hydroxylation is 2. The number of rotatable bonds is 6. The summed E-state index contributed by atoms with van der Waals surface area (Å²) in [5.41, 5.74) is 2.51. The van der Waals surface area contributed by atoms with E-state index in [4.69, 9.17) is 4.74 Å². The van der Waals surface area contributed by atoms with Crippen molar-refractivity contribution in [3.8, 4) is 0 Å². The van der Waals surface area contributed by atoms with Crippen molar-refractivity contribution in [2.45, 2.75) is 31.7 Å². The van der Waals surface area contributed by atoms with Gasteiger partial charge >= 0.3 is 5.97 Å². The molecule has 2 aromatic carbocycles. The van der Waals surface area contributed by atoms with Crippen LogP contribution < -0.4 is 4.72 Å². The molecule has 0 bridgehead atoms. The van der Waals surface area contributed by atoms with Crippen molar-refractivity contribution in [2.75, 3.05) is 6.61 Å². The number of nitrogens with one attached hydrogen (secondary N) is 1. The predicted octanol–water partition coefficient (Wildman–Crippen LogP) is 2.89. The van der Waals surface area contributed by atoms with Crippen LogP contribution in [0.15, 0.2) is 53.4 Å². The van der Waals surface area contributed by atoms with Crippen molar-refractivity contribution in [3.05, 3.63) is 65.2 Å². The van der Waals surface area contributed by atoms with Crippen molar-refractivity contribution in [1.29, 1.82) is 0 Å². The quantitative estimate of drug-likeness (QED) is 0.816. The Morgan fingerprint density at radius 1 is 1.00 bits per heavy atom. The molecule has 0 amide bonds. The molecule has 0 radical (unpaired) electrons. The summed E-state index contributed by atoms with van der Waals surface area (Å²) in [6.45, 7) is 5.64. The normalized spacial score (nSPS) is 12.6. The average molecular weight is 347 g/mol. The Morgan fingerprint density at radius 3 is 2.00 bits per heavy atom. The lowest BCUT2D eigenvalue weighted by Crippen LogP contribution is -2.35. The molecule has 0 fully saturated rings. The second-order valence-electron chi connectivity index (χ2n) is 5.53. The van der Waals surface area contributed by atoms with Crippen molar-refractivity contribution < 1.29 is 17.9 Å². The number of sulfonamides is 1. The van der Waals surface area contributed by atoms with E-state index in [2.05, 4.69) is 4.72 Å². The zero-order chi connectivity index (χ0) is 17.7. The zero-order valence-corrected chi connectivity index (χ0v) is 14.8. The molecule has 0 heterocycles. The first kappa shape index (κ1) is 18.2. The Kier molecular flexibility index (Phi) is 5.75. The molecule has 24 heavy (non-hydrogen) atoms. The summed E-state index contributed by atoms with van der Waals surface area (Å²) in [4.78, 5) is 12.3. The largest absolute Gasteiger partial charge is 0.465 e. The molecule has 2 aromatic rings. The molecule has 0 saturated heterocycles. The van der Waals surface area contributed by atoms with E-state index in [0.29, 0.717) is 5.56 Å². The maximum atomic E-state index is 12.6. The molecule has 0 aliphatic rings. The summed E-state index contributed by atoms with van der Waals surface area (Å²) in [7, 11) is -3.85. The Balaban J connectivity index is 2.35. The van der Waals surface area contributed by atoms with Gasteiger partial charge in [0.15, 0.2) is 0 Å². The average Bonchev–Trinajstić information content (AvgIpc) is 2.54. The van der Waals surface area contributed by atoms with E-state index in [9.17, 15) is 13.2 Å².